The van der Waals surface area contributed by atoms with Gasteiger partial charge in [0.2, 0.25) is 5.91 Å². The van der Waals surface area contributed by atoms with Crippen molar-refractivity contribution in [3.05, 3.63) is 45.9 Å². The highest BCUT2D eigenvalue weighted by atomic mass is 32.1. The van der Waals surface area contributed by atoms with Crippen LogP contribution in [0.2, 0.25) is 0 Å². The molecular weight excluding hydrogens is 326 g/mol. The van der Waals surface area contributed by atoms with Gasteiger partial charge in [0, 0.05) is 24.2 Å². The van der Waals surface area contributed by atoms with Gasteiger partial charge >= 0.3 is 5.97 Å². The van der Waals surface area contributed by atoms with Crippen LogP contribution >= 0.6 is 11.3 Å². The van der Waals surface area contributed by atoms with E-state index in [1.54, 1.807) is 0 Å². The lowest BCUT2D eigenvalue weighted by Gasteiger charge is -2.13. The fourth-order valence-electron chi connectivity index (χ4n) is 2.12. The van der Waals surface area contributed by atoms with Crippen molar-refractivity contribution in [3.8, 4) is 0 Å². The van der Waals surface area contributed by atoms with E-state index < -0.39 is 5.97 Å². The molecule has 2 N–H and O–H groups in total. The molecule has 1 amide bonds. The molecule has 0 saturated heterocycles. The van der Waals surface area contributed by atoms with Gasteiger partial charge < -0.3 is 10.4 Å². The van der Waals surface area contributed by atoms with Crippen LogP contribution in [0.15, 0.2) is 29.6 Å². The van der Waals surface area contributed by atoms with E-state index in [4.69, 9.17) is 5.11 Å². The zero-order valence-corrected chi connectivity index (χ0v) is 14.6. The van der Waals surface area contributed by atoms with Crippen LogP contribution in [-0.2, 0) is 22.6 Å². The summed E-state index contributed by atoms with van der Waals surface area (Å²) in [4.78, 5) is 29.0. The summed E-state index contributed by atoms with van der Waals surface area (Å²) < 4.78 is 0. The summed E-state index contributed by atoms with van der Waals surface area (Å²) in [5.41, 5.74) is 2.77. The average molecular weight is 347 g/mol. The molecule has 0 fully saturated rings. The number of aryl methyl sites for hydroxylation is 1. The summed E-state index contributed by atoms with van der Waals surface area (Å²) in [6.45, 7) is 3.04. The first-order valence-corrected chi connectivity index (χ1v) is 8.50. The standard InChI is InChI=1S/C17H21N3O3S/c1-12-3-5-13(6-4-12)18-15(21)9-16-19-14(11-24-16)10-20(2)8-7-17(22)23/h3-6,11H,7-10H2,1-2H3,(H,18,21)(H,22,23). The van der Waals surface area contributed by atoms with Crippen molar-refractivity contribution in [2.75, 3.05) is 18.9 Å². The highest BCUT2D eigenvalue weighted by Gasteiger charge is 2.10. The van der Waals surface area contributed by atoms with Crippen molar-refractivity contribution in [3.63, 3.8) is 0 Å². The molecule has 7 heteroatoms. The van der Waals surface area contributed by atoms with Gasteiger partial charge in [0.05, 0.1) is 18.5 Å². The number of anilines is 1. The maximum atomic E-state index is 12.1. The molecule has 1 aromatic heterocycles. The second-order valence-corrected chi connectivity index (χ2v) is 6.65. The second-order valence-electron chi connectivity index (χ2n) is 5.71. The third-order valence-electron chi connectivity index (χ3n) is 3.39. The highest BCUT2D eigenvalue weighted by Crippen LogP contribution is 2.14. The van der Waals surface area contributed by atoms with Crippen molar-refractivity contribution < 1.29 is 14.7 Å². The first kappa shape index (κ1) is 18.1. The minimum absolute atomic E-state index is 0.0982. The van der Waals surface area contributed by atoms with Gasteiger partial charge in [-0.25, -0.2) is 4.98 Å². The van der Waals surface area contributed by atoms with Gasteiger partial charge in [-0.1, -0.05) is 17.7 Å². The Kier molecular flexibility index (Phi) is 6.45. The van der Waals surface area contributed by atoms with E-state index >= 15 is 0 Å². The molecule has 128 valence electrons. The molecule has 0 bridgehead atoms. The van der Waals surface area contributed by atoms with E-state index in [9.17, 15) is 9.59 Å². The fraction of sp³-hybridized carbons (Fsp3) is 0.353. The number of carbonyl (C=O) groups excluding carboxylic acids is 1. The minimum Gasteiger partial charge on any atom is -0.481 e. The third kappa shape index (κ3) is 6.10. The number of thiazole rings is 1. The molecule has 1 aromatic carbocycles. The molecule has 0 aliphatic rings. The zero-order valence-electron chi connectivity index (χ0n) is 13.8. The molecule has 0 unspecified atom stereocenters. The number of amides is 1. The maximum absolute atomic E-state index is 12.1. The number of aromatic nitrogens is 1. The van der Waals surface area contributed by atoms with E-state index in [0.717, 1.165) is 22.0 Å². The van der Waals surface area contributed by atoms with Crippen LogP contribution in [0.1, 0.15) is 22.7 Å². The van der Waals surface area contributed by atoms with Gasteiger partial charge in [-0.3, -0.25) is 14.5 Å². The van der Waals surface area contributed by atoms with E-state index in [-0.39, 0.29) is 18.7 Å². The predicted molar refractivity (Wildman–Crippen MR) is 94.2 cm³/mol. The predicted octanol–water partition coefficient (Wildman–Crippen LogP) is 2.54. The van der Waals surface area contributed by atoms with Gasteiger partial charge in [-0.15, -0.1) is 11.3 Å². The quantitative estimate of drug-likeness (QED) is 0.767. The Bertz CT molecular complexity index is 697. The molecule has 0 atom stereocenters. The number of nitrogens with one attached hydrogen (secondary N) is 1. The van der Waals surface area contributed by atoms with Gasteiger partial charge in [0.25, 0.3) is 0 Å². The molecule has 0 saturated carbocycles. The summed E-state index contributed by atoms with van der Waals surface area (Å²) in [5, 5.41) is 14.2. The summed E-state index contributed by atoms with van der Waals surface area (Å²) in [6.07, 6.45) is 0.337. The van der Waals surface area contributed by atoms with Crippen LogP contribution in [0.5, 0.6) is 0 Å². The maximum Gasteiger partial charge on any atom is 0.304 e. The SMILES string of the molecule is Cc1ccc(NC(=O)Cc2nc(CN(C)CCC(=O)O)cs2)cc1. The lowest BCUT2D eigenvalue weighted by Crippen LogP contribution is -2.21. The van der Waals surface area contributed by atoms with Crippen LogP contribution < -0.4 is 5.32 Å². The Morgan fingerprint density at radius 1 is 1.29 bits per heavy atom. The van der Waals surface area contributed by atoms with E-state index in [2.05, 4.69) is 10.3 Å². The molecule has 0 aliphatic carbocycles. The lowest BCUT2D eigenvalue weighted by atomic mass is 10.2. The Morgan fingerprint density at radius 2 is 2.00 bits per heavy atom. The van der Waals surface area contributed by atoms with E-state index in [1.165, 1.54) is 11.3 Å². The molecule has 0 spiro atoms. The smallest absolute Gasteiger partial charge is 0.304 e. The normalized spacial score (nSPS) is 10.8. The molecule has 24 heavy (non-hydrogen) atoms. The van der Waals surface area contributed by atoms with Crippen molar-refractivity contribution in [2.45, 2.75) is 26.3 Å². The van der Waals surface area contributed by atoms with Crippen molar-refractivity contribution in [1.29, 1.82) is 0 Å². The molecule has 2 rings (SSSR count). The Hall–Kier alpha value is -2.25. The van der Waals surface area contributed by atoms with Crippen molar-refractivity contribution in [2.24, 2.45) is 0 Å². The molecule has 1 heterocycles. The van der Waals surface area contributed by atoms with Gasteiger partial charge in [0.15, 0.2) is 0 Å². The van der Waals surface area contributed by atoms with Gasteiger partial charge in [-0.05, 0) is 26.1 Å². The lowest BCUT2D eigenvalue weighted by molar-refractivity contribution is -0.137. The fourth-order valence-corrected chi connectivity index (χ4v) is 2.91. The molecule has 0 radical (unpaired) electrons. The van der Waals surface area contributed by atoms with Crippen LogP contribution in [0.4, 0.5) is 5.69 Å². The number of nitrogens with zero attached hydrogens (tertiary/aromatic N) is 2. The summed E-state index contributed by atoms with van der Waals surface area (Å²) >= 11 is 1.44. The molecule has 0 aliphatic heterocycles. The highest BCUT2D eigenvalue weighted by molar-refractivity contribution is 7.09. The Labute approximate surface area is 145 Å². The van der Waals surface area contributed by atoms with E-state index in [1.807, 2.05) is 48.5 Å². The Morgan fingerprint density at radius 3 is 2.67 bits per heavy atom. The zero-order chi connectivity index (χ0) is 17.5. The van der Waals surface area contributed by atoms with Crippen molar-refractivity contribution in [1.82, 2.24) is 9.88 Å². The van der Waals surface area contributed by atoms with Crippen LogP contribution in [0.25, 0.3) is 0 Å². The van der Waals surface area contributed by atoms with Crippen LogP contribution in [0.3, 0.4) is 0 Å². The molecule has 2 aromatic rings. The molecular formula is C17H21N3O3S. The first-order chi connectivity index (χ1) is 11.4. The van der Waals surface area contributed by atoms with Gasteiger partial charge in [-0.2, -0.15) is 0 Å². The Balaban J connectivity index is 1.83. The van der Waals surface area contributed by atoms with Crippen LogP contribution in [-0.4, -0.2) is 40.5 Å². The summed E-state index contributed by atoms with van der Waals surface area (Å²) in [6, 6.07) is 7.64. The largest absolute Gasteiger partial charge is 0.481 e. The molecule has 6 nitrogen and oxygen atoms in total. The van der Waals surface area contributed by atoms with Crippen LogP contribution in [0, 0.1) is 6.92 Å². The number of benzene rings is 1. The van der Waals surface area contributed by atoms with Crippen molar-refractivity contribution >= 4 is 28.9 Å². The number of hydrogen-bond donors (Lipinski definition) is 2. The topological polar surface area (TPSA) is 82.5 Å². The minimum atomic E-state index is -0.811. The number of aliphatic carboxylic acids is 1. The summed E-state index contributed by atoms with van der Waals surface area (Å²) in [7, 11) is 1.85. The van der Waals surface area contributed by atoms with E-state index in [0.29, 0.717) is 13.1 Å². The number of carboxylic acids is 1. The third-order valence-corrected chi connectivity index (χ3v) is 4.28. The summed E-state index contributed by atoms with van der Waals surface area (Å²) in [5.74, 6) is -0.910. The monoisotopic (exact) mass is 347 g/mol. The van der Waals surface area contributed by atoms with Gasteiger partial charge in [0.1, 0.15) is 5.01 Å². The number of carboxylic acid groups (broad SMARTS) is 1. The number of carbonyl (C=O) groups is 2. The first-order valence-electron chi connectivity index (χ1n) is 7.62. The second kappa shape index (κ2) is 8.56. The number of hydrogen-bond acceptors (Lipinski definition) is 5. The number of rotatable bonds is 8. The average Bonchev–Trinajstić information content (AvgIpc) is 2.94.